The number of esters is 1. The second kappa shape index (κ2) is 6.53. The monoisotopic (exact) mass is 256 g/mol. The number of hydrogen-bond donors (Lipinski definition) is 0. The van der Waals surface area contributed by atoms with Gasteiger partial charge in [0, 0.05) is 12.1 Å². The van der Waals surface area contributed by atoms with Gasteiger partial charge in [0.2, 0.25) is 0 Å². The minimum absolute atomic E-state index is 0.00888. The molecule has 0 atom stereocenters. The first-order valence-corrected chi connectivity index (χ1v) is 6.87. The van der Waals surface area contributed by atoms with Gasteiger partial charge in [-0.25, -0.2) is 0 Å². The third-order valence-corrected chi connectivity index (χ3v) is 3.56. The molecule has 18 heavy (non-hydrogen) atoms. The number of carbonyl (C=O) groups excluding carboxylic acids is 1. The molecule has 0 bridgehead atoms. The van der Waals surface area contributed by atoms with Gasteiger partial charge in [0.1, 0.15) is 6.61 Å². The topological polar surface area (TPSA) is 32.8 Å². The molecule has 0 aromatic heterocycles. The lowest BCUT2D eigenvalue weighted by Crippen LogP contribution is -2.47. The van der Waals surface area contributed by atoms with Gasteiger partial charge in [-0.3, -0.25) is 9.69 Å². The summed E-state index contributed by atoms with van der Waals surface area (Å²) in [6.07, 6.45) is 1.86. The minimum atomic E-state index is -0.00888. The van der Waals surface area contributed by atoms with Crippen molar-refractivity contribution in [1.29, 1.82) is 0 Å². The summed E-state index contributed by atoms with van der Waals surface area (Å²) in [6.45, 7) is 9.97. The lowest BCUT2D eigenvalue weighted by Gasteiger charge is -2.40. The van der Waals surface area contributed by atoms with Crippen molar-refractivity contribution in [2.75, 3.05) is 40.3 Å². The first-order chi connectivity index (χ1) is 8.30. The fourth-order valence-electron chi connectivity index (χ4n) is 2.23. The van der Waals surface area contributed by atoms with Crippen molar-refractivity contribution in [2.24, 2.45) is 5.92 Å². The molecule has 0 amide bonds. The molecule has 1 aliphatic heterocycles. The Morgan fingerprint density at radius 1 is 1.28 bits per heavy atom. The SMILES string of the molecule is CN(C)CCOC(=O)C1CCN(C(C)(C)C)CC1. The smallest absolute Gasteiger partial charge is 0.309 e. The molecule has 0 aromatic rings. The zero-order valence-corrected chi connectivity index (χ0v) is 12.5. The Hall–Kier alpha value is -0.610. The molecule has 0 spiro atoms. The second-order valence-corrected chi connectivity index (χ2v) is 6.40. The van der Waals surface area contributed by atoms with Gasteiger partial charge in [0.25, 0.3) is 0 Å². The van der Waals surface area contributed by atoms with Gasteiger partial charge in [0.15, 0.2) is 0 Å². The van der Waals surface area contributed by atoms with Gasteiger partial charge in [-0.15, -0.1) is 0 Å². The summed E-state index contributed by atoms with van der Waals surface area (Å²) in [5.41, 5.74) is 0.208. The van der Waals surface area contributed by atoms with Crippen molar-refractivity contribution in [3.05, 3.63) is 0 Å². The van der Waals surface area contributed by atoms with Crippen molar-refractivity contribution in [3.63, 3.8) is 0 Å². The second-order valence-electron chi connectivity index (χ2n) is 6.40. The van der Waals surface area contributed by atoms with E-state index >= 15 is 0 Å². The molecular weight excluding hydrogens is 228 g/mol. The Kier molecular flexibility index (Phi) is 5.60. The van der Waals surface area contributed by atoms with Crippen LogP contribution in [0, 0.1) is 5.92 Å². The molecule has 4 heteroatoms. The van der Waals surface area contributed by atoms with E-state index in [2.05, 4.69) is 25.7 Å². The minimum Gasteiger partial charge on any atom is -0.464 e. The number of rotatable bonds is 4. The quantitative estimate of drug-likeness (QED) is 0.715. The van der Waals surface area contributed by atoms with E-state index < -0.39 is 0 Å². The maximum atomic E-state index is 11.9. The molecule has 1 aliphatic rings. The van der Waals surface area contributed by atoms with Crippen molar-refractivity contribution < 1.29 is 9.53 Å². The van der Waals surface area contributed by atoms with Crippen LogP contribution >= 0.6 is 0 Å². The van der Waals surface area contributed by atoms with E-state index in [9.17, 15) is 4.79 Å². The van der Waals surface area contributed by atoms with E-state index in [4.69, 9.17) is 4.74 Å². The Labute approximate surface area is 111 Å². The first kappa shape index (κ1) is 15.4. The predicted molar refractivity (Wildman–Crippen MR) is 73.6 cm³/mol. The summed E-state index contributed by atoms with van der Waals surface area (Å²) in [5.74, 6) is 0.0937. The molecule has 0 saturated carbocycles. The largest absolute Gasteiger partial charge is 0.464 e. The number of carbonyl (C=O) groups is 1. The first-order valence-electron chi connectivity index (χ1n) is 6.87. The third-order valence-electron chi connectivity index (χ3n) is 3.56. The fourth-order valence-corrected chi connectivity index (χ4v) is 2.23. The van der Waals surface area contributed by atoms with Crippen LogP contribution in [0.5, 0.6) is 0 Å². The average Bonchev–Trinajstić information content (AvgIpc) is 2.27. The van der Waals surface area contributed by atoms with Crippen LogP contribution in [0.15, 0.2) is 0 Å². The lowest BCUT2D eigenvalue weighted by molar-refractivity contribution is -0.150. The van der Waals surface area contributed by atoms with Gasteiger partial charge in [0.05, 0.1) is 5.92 Å². The molecular formula is C14H28N2O2. The molecule has 0 radical (unpaired) electrons. The Balaban J connectivity index is 2.28. The van der Waals surface area contributed by atoms with Crippen molar-refractivity contribution >= 4 is 5.97 Å². The highest BCUT2D eigenvalue weighted by atomic mass is 16.5. The highest BCUT2D eigenvalue weighted by Crippen LogP contribution is 2.24. The summed E-state index contributed by atoms with van der Waals surface area (Å²) in [7, 11) is 3.96. The molecule has 0 aromatic carbocycles. The molecule has 1 heterocycles. The van der Waals surface area contributed by atoms with E-state index in [0.717, 1.165) is 32.5 Å². The van der Waals surface area contributed by atoms with Gasteiger partial charge >= 0.3 is 5.97 Å². The third kappa shape index (κ3) is 4.94. The Morgan fingerprint density at radius 3 is 2.28 bits per heavy atom. The van der Waals surface area contributed by atoms with Crippen LogP contribution in [-0.4, -0.2) is 61.6 Å². The van der Waals surface area contributed by atoms with Crippen LogP contribution in [0.25, 0.3) is 0 Å². The fraction of sp³-hybridized carbons (Fsp3) is 0.929. The summed E-state index contributed by atoms with van der Waals surface area (Å²) in [6, 6.07) is 0. The molecule has 106 valence electrons. The van der Waals surface area contributed by atoms with Crippen LogP contribution in [0.4, 0.5) is 0 Å². The summed E-state index contributed by atoms with van der Waals surface area (Å²) >= 11 is 0. The Bertz CT molecular complexity index is 263. The van der Waals surface area contributed by atoms with Crippen LogP contribution in [0.2, 0.25) is 0 Å². The maximum Gasteiger partial charge on any atom is 0.309 e. The molecule has 0 N–H and O–H groups in total. The lowest BCUT2D eigenvalue weighted by atomic mass is 9.93. The van der Waals surface area contributed by atoms with Gasteiger partial charge in [-0.05, 0) is 60.8 Å². The molecule has 1 saturated heterocycles. The summed E-state index contributed by atoms with van der Waals surface area (Å²) in [5, 5.41) is 0. The zero-order valence-electron chi connectivity index (χ0n) is 12.5. The molecule has 4 nitrogen and oxygen atoms in total. The van der Waals surface area contributed by atoms with E-state index in [1.165, 1.54) is 0 Å². The number of hydrogen-bond acceptors (Lipinski definition) is 4. The van der Waals surface area contributed by atoms with E-state index in [1.807, 2.05) is 19.0 Å². The van der Waals surface area contributed by atoms with Gasteiger partial charge in [-0.2, -0.15) is 0 Å². The standard InChI is InChI=1S/C14H28N2O2/c1-14(2,3)16-8-6-12(7-9-16)13(17)18-11-10-15(4)5/h12H,6-11H2,1-5H3. The molecule has 0 unspecified atom stereocenters. The maximum absolute atomic E-state index is 11.9. The highest BCUT2D eigenvalue weighted by molar-refractivity contribution is 5.72. The number of likely N-dealkylation sites (N-methyl/N-ethyl adjacent to an activating group) is 1. The number of likely N-dealkylation sites (tertiary alicyclic amines) is 1. The predicted octanol–water partition coefficient (Wildman–Crippen LogP) is 1.60. The molecule has 1 rings (SSSR count). The van der Waals surface area contributed by atoms with Crippen molar-refractivity contribution in [1.82, 2.24) is 9.80 Å². The summed E-state index contributed by atoms with van der Waals surface area (Å²) < 4.78 is 5.31. The van der Waals surface area contributed by atoms with Crippen LogP contribution < -0.4 is 0 Å². The van der Waals surface area contributed by atoms with Crippen molar-refractivity contribution in [2.45, 2.75) is 39.2 Å². The van der Waals surface area contributed by atoms with Crippen LogP contribution in [-0.2, 0) is 9.53 Å². The highest BCUT2D eigenvalue weighted by Gasteiger charge is 2.30. The molecule has 0 aliphatic carbocycles. The van der Waals surface area contributed by atoms with Crippen molar-refractivity contribution in [3.8, 4) is 0 Å². The summed E-state index contributed by atoms with van der Waals surface area (Å²) in [4.78, 5) is 16.3. The van der Waals surface area contributed by atoms with E-state index in [1.54, 1.807) is 0 Å². The van der Waals surface area contributed by atoms with Crippen LogP contribution in [0.1, 0.15) is 33.6 Å². The van der Waals surface area contributed by atoms with E-state index in [0.29, 0.717) is 6.61 Å². The number of nitrogens with zero attached hydrogens (tertiary/aromatic N) is 2. The van der Waals surface area contributed by atoms with E-state index in [-0.39, 0.29) is 17.4 Å². The van der Waals surface area contributed by atoms with Crippen LogP contribution in [0.3, 0.4) is 0 Å². The zero-order chi connectivity index (χ0) is 13.8. The van der Waals surface area contributed by atoms with Gasteiger partial charge < -0.3 is 9.64 Å². The Morgan fingerprint density at radius 2 is 1.83 bits per heavy atom. The average molecular weight is 256 g/mol. The normalized spacial score (nSPS) is 19.2. The molecule has 1 fully saturated rings. The van der Waals surface area contributed by atoms with Gasteiger partial charge in [-0.1, -0.05) is 0 Å². The number of ether oxygens (including phenoxy) is 1. The number of piperidine rings is 1.